The highest BCUT2D eigenvalue weighted by molar-refractivity contribution is 5.87. The van der Waals surface area contributed by atoms with E-state index in [1.165, 1.54) is 21.5 Å². The van der Waals surface area contributed by atoms with Crippen LogP contribution in [0.4, 0.5) is 4.79 Å². The lowest BCUT2D eigenvalue weighted by molar-refractivity contribution is -0.682. The molecule has 0 saturated carbocycles. The normalized spacial score (nSPS) is 12.3. The van der Waals surface area contributed by atoms with Crippen molar-refractivity contribution in [1.29, 1.82) is 0 Å². The van der Waals surface area contributed by atoms with Gasteiger partial charge in [-0.3, -0.25) is 43.3 Å². The van der Waals surface area contributed by atoms with Crippen molar-refractivity contribution in [3.63, 3.8) is 0 Å². The number of aromatic nitrogens is 4. The molecular weight excluding hydrogens is 912 g/mol. The summed E-state index contributed by atoms with van der Waals surface area (Å²) in [4.78, 5) is 134. The minimum atomic E-state index is -1.61. The predicted octanol–water partition coefficient (Wildman–Crippen LogP) is -4.00. The van der Waals surface area contributed by atoms with Crippen molar-refractivity contribution in [3.05, 3.63) is 36.4 Å². The van der Waals surface area contributed by atoms with Crippen molar-refractivity contribution in [2.24, 2.45) is 14.1 Å². The summed E-state index contributed by atoms with van der Waals surface area (Å²) >= 11 is 0. The van der Waals surface area contributed by atoms with E-state index in [-0.39, 0.29) is 45.4 Å². The van der Waals surface area contributed by atoms with E-state index in [1.54, 1.807) is 35.6 Å². The number of aliphatic carboxylic acids is 8. The lowest BCUT2D eigenvalue weighted by Gasteiger charge is -2.22. The zero-order chi connectivity index (χ0) is 51.2. The number of aryl methyl sites for hydroxylation is 2. The Morgan fingerprint density at radius 3 is 1.32 bits per heavy atom. The van der Waals surface area contributed by atoms with E-state index in [0.717, 1.165) is 0 Å². The van der Waals surface area contributed by atoms with Gasteiger partial charge in [-0.2, -0.15) is 0 Å². The summed E-state index contributed by atoms with van der Waals surface area (Å²) in [6, 6.07) is -5.40. The molecule has 0 fully saturated rings. The summed E-state index contributed by atoms with van der Waals surface area (Å²) in [6.07, 6.45) is 5.78. The molecule has 2 aromatic rings. The van der Waals surface area contributed by atoms with E-state index in [2.05, 4.69) is 10.6 Å². The monoisotopic (exact) mass is 970 g/mol. The van der Waals surface area contributed by atoms with Gasteiger partial charge in [0.05, 0.1) is 14.1 Å². The van der Waals surface area contributed by atoms with Crippen LogP contribution in [0.15, 0.2) is 24.8 Å². The summed E-state index contributed by atoms with van der Waals surface area (Å²) in [5.74, 6) is -11.9. The number of carbonyl (C=O) groups is 11. The molecule has 2 aromatic heterocycles. The zero-order valence-corrected chi connectivity index (χ0v) is 37.3. The average molecular weight is 971 g/mol. The number of rotatable bonds is 34. The molecule has 0 aliphatic heterocycles. The Balaban J connectivity index is 2.26. The van der Waals surface area contributed by atoms with Crippen molar-refractivity contribution in [1.82, 2.24) is 39.8 Å². The Morgan fingerprint density at radius 1 is 0.544 bits per heavy atom. The minimum absolute atomic E-state index is 0.0162. The Labute approximate surface area is 386 Å². The van der Waals surface area contributed by atoms with Gasteiger partial charge in [0.15, 0.2) is 13.1 Å². The first kappa shape index (κ1) is 56.4. The van der Waals surface area contributed by atoms with Gasteiger partial charge >= 0.3 is 53.8 Å². The van der Waals surface area contributed by atoms with E-state index in [0.29, 0.717) is 34.3 Å². The number of hydrogen-bond donors (Lipinski definition) is 11. The van der Waals surface area contributed by atoms with Crippen LogP contribution in [0.1, 0.15) is 56.6 Å². The molecule has 0 aromatic carbocycles. The van der Waals surface area contributed by atoms with Crippen LogP contribution in [-0.2, 0) is 88.2 Å². The van der Waals surface area contributed by atoms with Crippen molar-refractivity contribution < 1.29 is 103 Å². The summed E-state index contributed by atoms with van der Waals surface area (Å²) in [6.45, 7) is -4.03. The number of carboxylic acid groups (broad SMARTS) is 8. The molecule has 3 atom stereocenters. The fourth-order valence-corrected chi connectivity index (χ4v) is 6.75. The van der Waals surface area contributed by atoms with E-state index < -0.39 is 136 Å². The molecule has 376 valence electrons. The maximum atomic E-state index is 13.2. The van der Waals surface area contributed by atoms with Crippen molar-refractivity contribution in [2.75, 3.05) is 39.3 Å². The molecule has 0 spiro atoms. The second kappa shape index (κ2) is 27.7. The molecule has 0 aliphatic carbocycles. The molecule has 0 aliphatic rings. The summed E-state index contributed by atoms with van der Waals surface area (Å²) in [5.41, 5.74) is 0. The van der Waals surface area contributed by atoms with Crippen LogP contribution >= 0.6 is 0 Å². The summed E-state index contributed by atoms with van der Waals surface area (Å²) in [5, 5.41) is 81.8. The topological polar surface area (TPSA) is 413 Å². The third kappa shape index (κ3) is 20.2. The van der Waals surface area contributed by atoms with Gasteiger partial charge in [-0.05, 0) is 45.2 Å². The Bertz CT molecular complexity index is 2030. The number of carboxylic acids is 8. The second-order valence-corrected chi connectivity index (χ2v) is 15.5. The number of urea groups is 1. The second-order valence-electron chi connectivity index (χ2n) is 15.5. The quantitative estimate of drug-likeness (QED) is 0.0235. The molecule has 4 amide bonds. The number of imidazole rings is 2. The van der Waals surface area contributed by atoms with Gasteiger partial charge < -0.3 is 66.6 Å². The van der Waals surface area contributed by atoms with E-state index >= 15 is 0 Å². The van der Waals surface area contributed by atoms with Crippen LogP contribution in [-0.4, -0.2) is 188 Å². The standard InChI is InChI=1S/C39H56N10O19/c1-43-12-14-46(18-29(50)48(20-32(54)55)21-33(56)57)27(43)16-45(17-28-44(2)13-15-47(28)19-30(51)49(22-34(58)59)23-35(60)61)11-4-3-6-24(36(62)63)40-10-5-7-25(37(64)65)41-39(68)42-26(38(66)67)8-9-31(52)53/h12-15,24-26,40H,3-11,16-23H2,1-2H3,(H8-2,41,42,52,53,54,55,56,57,58,59,60,61,62,63,64,65,66,67,68)/p+2. The van der Waals surface area contributed by atoms with Crippen molar-refractivity contribution >= 4 is 65.6 Å². The van der Waals surface area contributed by atoms with Gasteiger partial charge in [0.1, 0.15) is 82.2 Å². The Hall–Kier alpha value is -7.69. The molecule has 29 heteroatoms. The molecule has 68 heavy (non-hydrogen) atoms. The van der Waals surface area contributed by atoms with Crippen LogP contribution in [0.3, 0.4) is 0 Å². The molecular formula is C39H58N10O19+2. The van der Waals surface area contributed by atoms with E-state index in [4.69, 9.17) is 5.11 Å². The number of nitrogens with zero attached hydrogens (tertiary/aromatic N) is 7. The number of carbonyl (C=O) groups excluding carboxylic acids is 3. The number of amides is 4. The molecule has 11 N–H and O–H groups in total. The first-order valence-corrected chi connectivity index (χ1v) is 20.8. The van der Waals surface area contributed by atoms with E-state index in [9.17, 15) is 88.5 Å². The van der Waals surface area contributed by atoms with Crippen LogP contribution in [0.5, 0.6) is 0 Å². The molecule has 0 radical (unpaired) electrons. The fourth-order valence-electron chi connectivity index (χ4n) is 6.75. The SMILES string of the molecule is C[n+]1ccn(CC(=O)N(CC(=O)O)CC(=O)O)c1CN(CCCCC(NCCCC(NC(=O)NC(CCC(=O)O)C(=O)O)C(=O)O)C(=O)O)Cc1n(CC(=O)N(CC(=O)O)CC(=O)O)cc[n+]1C. The Morgan fingerprint density at radius 2 is 0.941 bits per heavy atom. The number of hydrogen-bond acceptors (Lipinski definition) is 13. The number of unbranched alkanes of at least 4 members (excludes halogenated alkanes) is 1. The smallest absolute Gasteiger partial charge is 0.326 e. The zero-order valence-electron chi connectivity index (χ0n) is 37.3. The van der Waals surface area contributed by atoms with Crippen LogP contribution in [0.2, 0.25) is 0 Å². The molecule has 0 saturated heterocycles. The van der Waals surface area contributed by atoms with Gasteiger partial charge in [-0.1, -0.05) is 6.42 Å². The molecule has 3 unspecified atom stereocenters. The highest BCUT2D eigenvalue weighted by Gasteiger charge is 2.30. The first-order chi connectivity index (χ1) is 31.9. The van der Waals surface area contributed by atoms with Crippen LogP contribution in [0, 0.1) is 0 Å². The lowest BCUT2D eigenvalue weighted by Crippen LogP contribution is -2.51. The van der Waals surface area contributed by atoms with Gasteiger partial charge in [-0.15, -0.1) is 0 Å². The van der Waals surface area contributed by atoms with Crippen LogP contribution < -0.4 is 25.1 Å². The third-order valence-electron chi connectivity index (χ3n) is 10.2. The first-order valence-electron chi connectivity index (χ1n) is 20.8. The van der Waals surface area contributed by atoms with Crippen LogP contribution in [0.25, 0.3) is 0 Å². The highest BCUT2D eigenvalue weighted by Crippen LogP contribution is 2.13. The average Bonchev–Trinajstić information content (AvgIpc) is 3.74. The van der Waals surface area contributed by atoms with Gasteiger partial charge in [0, 0.05) is 6.42 Å². The summed E-state index contributed by atoms with van der Waals surface area (Å²) < 4.78 is 6.29. The van der Waals surface area contributed by atoms with Gasteiger partial charge in [0.25, 0.3) is 23.5 Å². The van der Waals surface area contributed by atoms with Crippen molar-refractivity contribution in [2.45, 2.75) is 89.3 Å². The fraction of sp³-hybridized carbons (Fsp3) is 0.564. The van der Waals surface area contributed by atoms with Gasteiger partial charge in [0.2, 0.25) is 0 Å². The maximum absolute atomic E-state index is 13.2. The van der Waals surface area contributed by atoms with Gasteiger partial charge in [-0.25, -0.2) is 32.7 Å². The lowest BCUT2D eigenvalue weighted by atomic mass is 10.1. The van der Waals surface area contributed by atoms with Crippen molar-refractivity contribution in [3.8, 4) is 0 Å². The minimum Gasteiger partial charge on any atom is -0.481 e. The largest absolute Gasteiger partial charge is 0.481 e. The number of nitrogens with one attached hydrogen (secondary N) is 3. The molecule has 2 heterocycles. The predicted molar refractivity (Wildman–Crippen MR) is 223 cm³/mol. The molecule has 0 bridgehead atoms. The molecule has 29 nitrogen and oxygen atoms in total. The highest BCUT2D eigenvalue weighted by atomic mass is 16.4. The summed E-state index contributed by atoms with van der Waals surface area (Å²) in [7, 11) is 3.32. The molecule has 2 rings (SSSR count). The Kier molecular flexibility index (Phi) is 23.0. The van der Waals surface area contributed by atoms with E-state index in [1.807, 2.05) is 10.2 Å². The third-order valence-corrected chi connectivity index (χ3v) is 10.2. The maximum Gasteiger partial charge on any atom is 0.326 e.